The number of hydrogen-bond donors (Lipinski definition) is 1. The van der Waals surface area contributed by atoms with Gasteiger partial charge in [-0.1, -0.05) is 30.3 Å². The number of nitrogens with one attached hydrogen (secondary N) is 1. The number of benzene rings is 1. The van der Waals surface area contributed by atoms with Crippen LogP contribution < -0.4 is 5.43 Å². The fraction of sp³-hybridized carbons (Fsp3) is 0.357. The average molecular weight is 259 g/mol. The molecule has 0 aliphatic carbocycles. The molecule has 2 rings (SSSR count). The molecule has 1 aliphatic heterocycles. The minimum Gasteiger partial charge on any atom is -0.466 e. The maximum absolute atomic E-state index is 11.5. The Balaban J connectivity index is 2.13. The number of carbonyl (C=O) groups is 1. The van der Waals surface area contributed by atoms with Crippen LogP contribution in [0.2, 0.25) is 0 Å². The third-order valence-corrected chi connectivity index (χ3v) is 2.82. The normalized spacial score (nSPS) is 18.1. The number of ether oxygens (including phenoxy) is 1. The van der Waals surface area contributed by atoms with Gasteiger partial charge in [0.15, 0.2) is 0 Å². The Bertz CT molecular complexity index is 509. The van der Waals surface area contributed by atoms with E-state index in [9.17, 15) is 4.79 Å². The van der Waals surface area contributed by atoms with E-state index in [4.69, 9.17) is 4.74 Å². The van der Waals surface area contributed by atoms with E-state index in [1.54, 1.807) is 6.92 Å². The lowest BCUT2D eigenvalue weighted by Crippen LogP contribution is -2.34. The largest absolute Gasteiger partial charge is 0.466 e. The molecule has 0 spiro atoms. The third-order valence-electron chi connectivity index (χ3n) is 2.82. The van der Waals surface area contributed by atoms with Gasteiger partial charge in [0.2, 0.25) is 0 Å². The number of rotatable bonds is 4. The van der Waals surface area contributed by atoms with Crippen molar-refractivity contribution in [1.29, 1.82) is 0 Å². The Hall–Kier alpha value is -2.17. The lowest BCUT2D eigenvalue weighted by molar-refractivity contribution is -0.143. The van der Waals surface area contributed by atoms with Crippen molar-refractivity contribution in [3.05, 3.63) is 35.9 Å². The van der Waals surface area contributed by atoms with Gasteiger partial charge >= 0.3 is 5.97 Å². The Morgan fingerprint density at radius 3 is 2.79 bits per heavy atom. The monoisotopic (exact) mass is 259 g/mol. The summed E-state index contributed by atoms with van der Waals surface area (Å²) in [6, 6.07) is 9.45. The van der Waals surface area contributed by atoms with E-state index >= 15 is 0 Å². The third kappa shape index (κ3) is 3.40. The van der Waals surface area contributed by atoms with Crippen LogP contribution in [0.25, 0.3) is 0 Å². The fourth-order valence-corrected chi connectivity index (χ4v) is 1.80. The molecule has 0 amide bonds. The predicted octanol–water partition coefficient (Wildman–Crippen LogP) is 1.73. The summed E-state index contributed by atoms with van der Waals surface area (Å²) in [5.74, 6) is 0.431. The van der Waals surface area contributed by atoms with E-state index < -0.39 is 0 Å². The number of amidine groups is 1. The molecule has 1 unspecified atom stereocenters. The molecule has 100 valence electrons. The smallest absolute Gasteiger partial charge is 0.308 e. The molecule has 0 saturated heterocycles. The quantitative estimate of drug-likeness (QED) is 0.838. The first-order valence-electron chi connectivity index (χ1n) is 6.29. The van der Waals surface area contributed by atoms with Crippen LogP contribution in [0.1, 0.15) is 25.8 Å². The lowest BCUT2D eigenvalue weighted by Gasteiger charge is -2.19. The average Bonchev–Trinajstić information content (AvgIpc) is 2.42. The molecule has 5 nitrogen and oxygen atoms in total. The SMILES string of the molecule is CCOC(=O)CC1N=C(c2ccccc2)NN=C1C. The lowest BCUT2D eigenvalue weighted by atomic mass is 10.1. The van der Waals surface area contributed by atoms with Crippen LogP contribution in [-0.2, 0) is 9.53 Å². The zero-order valence-corrected chi connectivity index (χ0v) is 11.1. The van der Waals surface area contributed by atoms with Gasteiger partial charge in [-0.15, -0.1) is 0 Å². The Kier molecular flexibility index (Phi) is 4.28. The summed E-state index contributed by atoms with van der Waals surface area (Å²) in [6.07, 6.45) is 0.223. The van der Waals surface area contributed by atoms with Crippen molar-refractivity contribution in [2.75, 3.05) is 6.61 Å². The molecule has 1 atom stereocenters. The number of esters is 1. The van der Waals surface area contributed by atoms with Crippen LogP contribution >= 0.6 is 0 Å². The van der Waals surface area contributed by atoms with Gasteiger partial charge in [-0.2, -0.15) is 5.10 Å². The summed E-state index contributed by atoms with van der Waals surface area (Å²) in [5, 5.41) is 4.21. The van der Waals surface area contributed by atoms with Gasteiger partial charge in [0.25, 0.3) is 0 Å². The Morgan fingerprint density at radius 1 is 1.37 bits per heavy atom. The van der Waals surface area contributed by atoms with Crippen LogP contribution in [0.15, 0.2) is 40.4 Å². The van der Waals surface area contributed by atoms with Crippen molar-refractivity contribution in [1.82, 2.24) is 5.43 Å². The molecular weight excluding hydrogens is 242 g/mol. The highest BCUT2D eigenvalue weighted by Crippen LogP contribution is 2.10. The zero-order chi connectivity index (χ0) is 13.7. The highest BCUT2D eigenvalue weighted by Gasteiger charge is 2.21. The van der Waals surface area contributed by atoms with Gasteiger partial charge in [0.1, 0.15) is 11.9 Å². The van der Waals surface area contributed by atoms with Crippen LogP contribution in [0.5, 0.6) is 0 Å². The highest BCUT2D eigenvalue weighted by molar-refractivity contribution is 6.04. The summed E-state index contributed by atoms with van der Waals surface area (Å²) < 4.78 is 4.95. The van der Waals surface area contributed by atoms with Gasteiger partial charge in [0.05, 0.1) is 18.7 Å². The van der Waals surface area contributed by atoms with Crippen LogP contribution in [0.3, 0.4) is 0 Å². The van der Waals surface area contributed by atoms with Gasteiger partial charge in [0, 0.05) is 5.56 Å². The van der Waals surface area contributed by atoms with Gasteiger partial charge in [-0.05, 0) is 13.8 Å². The van der Waals surface area contributed by atoms with Crippen LogP contribution in [-0.4, -0.2) is 30.2 Å². The fourth-order valence-electron chi connectivity index (χ4n) is 1.80. The van der Waals surface area contributed by atoms with Crippen molar-refractivity contribution in [3.8, 4) is 0 Å². The number of nitrogens with zero attached hydrogens (tertiary/aromatic N) is 2. The number of hydrazone groups is 1. The minimum atomic E-state index is -0.254. The number of aliphatic imine (C=N–C) groups is 1. The zero-order valence-electron chi connectivity index (χ0n) is 11.1. The summed E-state index contributed by atoms with van der Waals surface area (Å²) >= 11 is 0. The van der Waals surface area contributed by atoms with Crippen molar-refractivity contribution in [2.24, 2.45) is 10.1 Å². The molecule has 0 fully saturated rings. The second kappa shape index (κ2) is 6.13. The van der Waals surface area contributed by atoms with Crippen molar-refractivity contribution in [3.63, 3.8) is 0 Å². The van der Waals surface area contributed by atoms with E-state index in [0.717, 1.165) is 11.3 Å². The first-order valence-corrected chi connectivity index (χ1v) is 6.29. The summed E-state index contributed by atoms with van der Waals surface area (Å²) in [5.41, 5.74) is 4.64. The van der Waals surface area contributed by atoms with E-state index in [-0.39, 0.29) is 18.4 Å². The first-order chi connectivity index (χ1) is 9.20. The molecule has 19 heavy (non-hydrogen) atoms. The number of hydrogen-bond acceptors (Lipinski definition) is 5. The molecule has 0 radical (unpaired) electrons. The molecule has 1 N–H and O–H groups in total. The summed E-state index contributed by atoms with van der Waals surface area (Å²) in [4.78, 5) is 16.1. The molecule has 5 heteroatoms. The summed E-state index contributed by atoms with van der Waals surface area (Å²) in [7, 11) is 0. The van der Waals surface area contributed by atoms with Crippen molar-refractivity contribution in [2.45, 2.75) is 26.3 Å². The van der Waals surface area contributed by atoms with Gasteiger partial charge in [-0.25, -0.2) is 0 Å². The molecule has 1 aromatic carbocycles. The second-order valence-corrected chi connectivity index (χ2v) is 4.23. The maximum Gasteiger partial charge on any atom is 0.308 e. The molecule has 0 bridgehead atoms. The molecule has 1 heterocycles. The molecular formula is C14H17N3O2. The summed E-state index contributed by atoms with van der Waals surface area (Å²) in [6.45, 7) is 4.03. The van der Waals surface area contributed by atoms with E-state index in [0.29, 0.717) is 12.4 Å². The second-order valence-electron chi connectivity index (χ2n) is 4.23. The molecule has 0 aromatic heterocycles. The minimum absolute atomic E-state index is 0.223. The topological polar surface area (TPSA) is 63.0 Å². The van der Waals surface area contributed by atoms with Gasteiger partial charge < -0.3 is 4.74 Å². The maximum atomic E-state index is 11.5. The first kappa shape index (κ1) is 13.3. The Morgan fingerprint density at radius 2 is 2.11 bits per heavy atom. The standard InChI is InChI=1S/C14H17N3O2/c1-3-19-13(18)9-12-10(2)16-17-14(15-12)11-7-5-4-6-8-11/h4-8,12H,3,9H2,1-2H3,(H,15,17). The van der Waals surface area contributed by atoms with Crippen LogP contribution in [0.4, 0.5) is 0 Å². The van der Waals surface area contributed by atoms with E-state index in [1.807, 2.05) is 37.3 Å². The van der Waals surface area contributed by atoms with Gasteiger partial charge in [-0.3, -0.25) is 15.2 Å². The highest BCUT2D eigenvalue weighted by atomic mass is 16.5. The van der Waals surface area contributed by atoms with E-state index in [1.165, 1.54) is 0 Å². The molecule has 1 aromatic rings. The number of carbonyl (C=O) groups excluding carboxylic acids is 1. The van der Waals surface area contributed by atoms with E-state index in [2.05, 4.69) is 15.5 Å². The Labute approximate surface area is 112 Å². The molecule has 0 saturated carbocycles. The predicted molar refractivity (Wildman–Crippen MR) is 74.3 cm³/mol. The van der Waals surface area contributed by atoms with Crippen molar-refractivity contribution < 1.29 is 9.53 Å². The molecule has 1 aliphatic rings. The van der Waals surface area contributed by atoms with Crippen molar-refractivity contribution >= 4 is 17.5 Å². The van der Waals surface area contributed by atoms with Crippen LogP contribution in [0, 0.1) is 0 Å².